The molecule has 0 spiro atoms. The van der Waals surface area contributed by atoms with E-state index in [1.807, 2.05) is 13.8 Å². The molecule has 0 unspecified atom stereocenters. The van der Waals surface area contributed by atoms with Crippen LogP contribution in [0.4, 0.5) is 0 Å². The summed E-state index contributed by atoms with van der Waals surface area (Å²) in [5.74, 6) is 2.47. The van der Waals surface area contributed by atoms with Gasteiger partial charge in [0.15, 0.2) is 11.5 Å². The average Bonchev–Trinajstić information content (AvgIpc) is 3.12. The lowest BCUT2D eigenvalue weighted by molar-refractivity contribution is 0.355. The van der Waals surface area contributed by atoms with E-state index in [0.29, 0.717) is 39.5 Å². The van der Waals surface area contributed by atoms with Crippen molar-refractivity contribution in [2.75, 3.05) is 14.2 Å². The van der Waals surface area contributed by atoms with Gasteiger partial charge in [0, 0.05) is 11.3 Å². The third kappa shape index (κ3) is 2.75. The maximum atomic E-state index is 6.21. The lowest BCUT2D eigenvalue weighted by atomic mass is 10.2. The predicted molar refractivity (Wildman–Crippen MR) is 84.9 cm³/mol. The van der Waals surface area contributed by atoms with Crippen molar-refractivity contribution >= 4 is 11.6 Å². The van der Waals surface area contributed by atoms with Crippen LogP contribution in [0.3, 0.4) is 0 Å². The summed E-state index contributed by atoms with van der Waals surface area (Å²) in [6.07, 6.45) is 0. The first-order valence-electron chi connectivity index (χ1n) is 6.82. The summed E-state index contributed by atoms with van der Waals surface area (Å²) in [5.41, 5.74) is 2.16. The molecule has 0 bridgehead atoms. The maximum Gasteiger partial charge on any atom is 0.278 e. The SMILES string of the molecule is COc1cc(-c2noc(-c3nc(C)[nH]c3C)n2)cc(Cl)c1OC. The Hall–Kier alpha value is -2.54. The Morgan fingerprint density at radius 3 is 2.52 bits per heavy atom. The van der Waals surface area contributed by atoms with E-state index >= 15 is 0 Å². The van der Waals surface area contributed by atoms with Gasteiger partial charge in [-0.1, -0.05) is 16.8 Å². The summed E-state index contributed by atoms with van der Waals surface area (Å²) in [6, 6.07) is 3.43. The van der Waals surface area contributed by atoms with Gasteiger partial charge in [-0.3, -0.25) is 0 Å². The Balaban J connectivity index is 2.04. The first kappa shape index (κ1) is 15.4. The highest BCUT2D eigenvalue weighted by Gasteiger charge is 2.18. The van der Waals surface area contributed by atoms with Crippen LogP contribution in [0, 0.1) is 13.8 Å². The molecular weight excluding hydrogens is 320 g/mol. The van der Waals surface area contributed by atoms with Gasteiger partial charge in [0.2, 0.25) is 5.82 Å². The van der Waals surface area contributed by atoms with Gasteiger partial charge in [-0.2, -0.15) is 4.98 Å². The monoisotopic (exact) mass is 334 g/mol. The lowest BCUT2D eigenvalue weighted by Crippen LogP contribution is -1.93. The van der Waals surface area contributed by atoms with E-state index < -0.39 is 0 Å². The van der Waals surface area contributed by atoms with Gasteiger partial charge in [-0.05, 0) is 26.0 Å². The van der Waals surface area contributed by atoms with Gasteiger partial charge >= 0.3 is 0 Å². The van der Waals surface area contributed by atoms with Crippen LogP contribution in [0.2, 0.25) is 5.02 Å². The molecule has 0 fully saturated rings. The summed E-state index contributed by atoms with van der Waals surface area (Å²) >= 11 is 6.21. The Morgan fingerprint density at radius 2 is 1.91 bits per heavy atom. The van der Waals surface area contributed by atoms with E-state index in [2.05, 4.69) is 20.1 Å². The maximum absolute atomic E-state index is 6.21. The van der Waals surface area contributed by atoms with Gasteiger partial charge in [-0.25, -0.2) is 4.98 Å². The summed E-state index contributed by atoms with van der Waals surface area (Å²) in [5, 5.41) is 4.39. The second kappa shape index (κ2) is 5.92. The number of aryl methyl sites for hydroxylation is 2. The van der Waals surface area contributed by atoms with Crippen LogP contribution in [-0.4, -0.2) is 34.3 Å². The second-order valence-corrected chi connectivity index (χ2v) is 5.32. The Kier molecular flexibility index (Phi) is 3.96. The van der Waals surface area contributed by atoms with Crippen LogP contribution in [0.15, 0.2) is 16.7 Å². The number of nitrogens with one attached hydrogen (secondary N) is 1. The van der Waals surface area contributed by atoms with E-state index in [1.54, 1.807) is 12.1 Å². The second-order valence-electron chi connectivity index (χ2n) is 4.91. The van der Waals surface area contributed by atoms with Crippen molar-refractivity contribution < 1.29 is 14.0 Å². The van der Waals surface area contributed by atoms with Crippen LogP contribution in [0.5, 0.6) is 11.5 Å². The Morgan fingerprint density at radius 1 is 1.13 bits per heavy atom. The fourth-order valence-corrected chi connectivity index (χ4v) is 2.59. The molecule has 0 atom stereocenters. The fourth-order valence-electron chi connectivity index (χ4n) is 2.30. The number of halogens is 1. The summed E-state index contributed by atoms with van der Waals surface area (Å²) in [4.78, 5) is 11.8. The third-order valence-corrected chi connectivity index (χ3v) is 3.60. The number of aromatic amines is 1. The van der Waals surface area contributed by atoms with Crippen LogP contribution < -0.4 is 9.47 Å². The number of hydrogen-bond donors (Lipinski definition) is 1. The number of methoxy groups -OCH3 is 2. The molecule has 2 heterocycles. The van der Waals surface area contributed by atoms with Crippen molar-refractivity contribution in [1.82, 2.24) is 20.1 Å². The van der Waals surface area contributed by atoms with Gasteiger partial charge < -0.3 is 19.0 Å². The summed E-state index contributed by atoms with van der Waals surface area (Å²) in [6.45, 7) is 3.76. The number of aromatic nitrogens is 4. The number of imidazole rings is 1. The minimum atomic E-state index is 0.341. The van der Waals surface area contributed by atoms with Gasteiger partial charge in [-0.15, -0.1) is 0 Å². The Bertz CT molecular complexity index is 857. The number of H-pyrrole nitrogens is 1. The zero-order chi connectivity index (χ0) is 16.6. The standard InChI is InChI=1S/C15H15ClN4O3/c1-7-12(18-8(2)17-7)15-19-14(20-23-15)9-5-10(16)13(22-4)11(6-9)21-3/h5-6H,1-4H3,(H,17,18). The summed E-state index contributed by atoms with van der Waals surface area (Å²) in [7, 11) is 3.06. The van der Waals surface area contributed by atoms with Crippen LogP contribution in [0.1, 0.15) is 11.5 Å². The van der Waals surface area contributed by atoms with Crippen molar-refractivity contribution in [3.8, 4) is 34.5 Å². The predicted octanol–water partition coefficient (Wildman–Crippen LogP) is 3.41. The van der Waals surface area contributed by atoms with Crippen molar-refractivity contribution in [1.29, 1.82) is 0 Å². The fraction of sp³-hybridized carbons (Fsp3) is 0.267. The normalized spacial score (nSPS) is 10.8. The molecule has 7 nitrogen and oxygen atoms in total. The number of rotatable bonds is 4. The van der Waals surface area contributed by atoms with Crippen molar-refractivity contribution in [2.45, 2.75) is 13.8 Å². The largest absolute Gasteiger partial charge is 0.493 e. The molecule has 0 aliphatic heterocycles. The lowest BCUT2D eigenvalue weighted by Gasteiger charge is -2.10. The molecule has 1 aromatic carbocycles. The molecule has 3 aromatic rings. The minimum Gasteiger partial charge on any atom is -0.493 e. The number of ether oxygens (including phenoxy) is 2. The molecule has 0 saturated carbocycles. The molecule has 0 saturated heterocycles. The third-order valence-electron chi connectivity index (χ3n) is 3.32. The molecule has 3 rings (SSSR count). The van der Waals surface area contributed by atoms with Gasteiger partial charge in [0.25, 0.3) is 5.89 Å². The Labute approximate surface area is 137 Å². The van der Waals surface area contributed by atoms with E-state index in [0.717, 1.165) is 11.5 Å². The molecule has 0 aliphatic rings. The molecule has 23 heavy (non-hydrogen) atoms. The molecule has 0 aliphatic carbocycles. The summed E-state index contributed by atoms with van der Waals surface area (Å²) < 4.78 is 15.8. The zero-order valence-corrected chi connectivity index (χ0v) is 13.9. The van der Waals surface area contributed by atoms with E-state index in [-0.39, 0.29) is 0 Å². The first-order valence-corrected chi connectivity index (χ1v) is 7.20. The highest BCUT2D eigenvalue weighted by molar-refractivity contribution is 6.32. The van der Waals surface area contributed by atoms with Crippen molar-refractivity contribution in [3.05, 3.63) is 28.7 Å². The van der Waals surface area contributed by atoms with Crippen LogP contribution in [-0.2, 0) is 0 Å². The minimum absolute atomic E-state index is 0.341. The van der Waals surface area contributed by atoms with E-state index in [1.165, 1.54) is 14.2 Å². The highest BCUT2D eigenvalue weighted by Crippen LogP contribution is 2.38. The molecule has 1 N–H and O–H groups in total. The van der Waals surface area contributed by atoms with Crippen molar-refractivity contribution in [2.24, 2.45) is 0 Å². The quantitative estimate of drug-likeness (QED) is 0.786. The van der Waals surface area contributed by atoms with Crippen molar-refractivity contribution in [3.63, 3.8) is 0 Å². The number of benzene rings is 1. The smallest absolute Gasteiger partial charge is 0.278 e. The highest BCUT2D eigenvalue weighted by atomic mass is 35.5. The molecule has 0 amide bonds. The molecule has 2 aromatic heterocycles. The molecule has 0 radical (unpaired) electrons. The molecule has 120 valence electrons. The number of hydrogen-bond acceptors (Lipinski definition) is 6. The van der Waals surface area contributed by atoms with E-state index in [4.69, 9.17) is 25.6 Å². The average molecular weight is 335 g/mol. The molecule has 8 heteroatoms. The van der Waals surface area contributed by atoms with E-state index in [9.17, 15) is 0 Å². The topological polar surface area (TPSA) is 86.1 Å². The van der Waals surface area contributed by atoms with Gasteiger partial charge in [0.05, 0.1) is 19.2 Å². The van der Waals surface area contributed by atoms with Crippen LogP contribution in [0.25, 0.3) is 23.0 Å². The number of nitrogens with zero attached hydrogens (tertiary/aromatic N) is 3. The van der Waals surface area contributed by atoms with Crippen LogP contribution >= 0.6 is 11.6 Å². The molecular formula is C15H15ClN4O3. The van der Waals surface area contributed by atoms with Gasteiger partial charge in [0.1, 0.15) is 11.5 Å². The first-order chi connectivity index (χ1) is 11.0. The zero-order valence-electron chi connectivity index (χ0n) is 13.1.